The number of piperazine rings is 1. The molecule has 8 nitrogen and oxygen atoms in total. The number of anilines is 1. The number of aromatic nitrogens is 1. The number of amides is 3. The van der Waals surface area contributed by atoms with E-state index in [2.05, 4.69) is 10.3 Å². The fourth-order valence-electron chi connectivity index (χ4n) is 2.94. The molecule has 1 N–H and O–H groups in total. The Bertz CT molecular complexity index is 863. The highest BCUT2D eigenvalue weighted by molar-refractivity contribution is 6.06. The number of carbonyl (C=O) groups excluding carboxylic acids is 3. The summed E-state index contributed by atoms with van der Waals surface area (Å²) in [6.45, 7) is 4.25. The van der Waals surface area contributed by atoms with Gasteiger partial charge in [0, 0.05) is 38.6 Å². The van der Waals surface area contributed by atoms with Crippen LogP contribution in [0, 0.1) is 0 Å². The van der Waals surface area contributed by atoms with E-state index < -0.39 is 0 Å². The van der Waals surface area contributed by atoms with Crippen LogP contribution in [0.4, 0.5) is 5.69 Å². The van der Waals surface area contributed by atoms with Crippen molar-refractivity contribution in [3.05, 3.63) is 53.9 Å². The zero-order valence-corrected chi connectivity index (χ0v) is 15.6. The van der Waals surface area contributed by atoms with Gasteiger partial charge in [-0.25, -0.2) is 0 Å². The van der Waals surface area contributed by atoms with E-state index in [0.29, 0.717) is 49.8 Å². The highest BCUT2D eigenvalue weighted by Gasteiger charge is 2.22. The predicted octanol–water partition coefficient (Wildman–Crippen LogP) is 1.65. The zero-order valence-electron chi connectivity index (χ0n) is 15.6. The first-order valence-electron chi connectivity index (χ1n) is 9.09. The smallest absolute Gasteiger partial charge is 0.257 e. The summed E-state index contributed by atoms with van der Waals surface area (Å²) in [4.78, 5) is 43.5. The third-order valence-corrected chi connectivity index (χ3v) is 4.43. The van der Waals surface area contributed by atoms with Gasteiger partial charge in [0.05, 0.1) is 23.4 Å². The van der Waals surface area contributed by atoms with Crippen molar-refractivity contribution >= 4 is 23.9 Å². The van der Waals surface area contributed by atoms with E-state index in [1.165, 1.54) is 18.5 Å². The normalized spacial score (nSPS) is 13.8. The molecule has 3 rings (SSSR count). The van der Waals surface area contributed by atoms with Crippen LogP contribution >= 0.6 is 0 Å². The number of nitrogens with zero attached hydrogens (tertiary/aromatic N) is 3. The van der Waals surface area contributed by atoms with Crippen LogP contribution in [0.2, 0.25) is 0 Å². The Morgan fingerprint density at radius 1 is 1.14 bits per heavy atom. The molecule has 0 atom stereocenters. The predicted molar refractivity (Wildman–Crippen MR) is 103 cm³/mol. The average molecular weight is 382 g/mol. The third kappa shape index (κ3) is 4.46. The molecule has 0 saturated carbocycles. The Balaban J connectivity index is 1.71. The van der Waals surface area contributed by atoms with Gasteiger partial charge < -0.3 is 19.9 Å². The van der Waals surface area contributed by atoms with Crippen LogP contribution in [-0.2, 0) is 4.79 Å². The van der Waals surface area contributed by atoms with Crippen LogP contribution in [0.3, 0.4) is 0 Å². The minimum atomic E-state index is -0.375. The standard InChI is InChI=1S/C20H22N4O4/c1-2-28-18-6-4-3-5-17(18)22-19(26)15-11-16(13-21-12-15)20(27)24-9-7-23(14-25)8-10-24/h3-6,11-14H,2,7-10H2,1H3,(H,22,26). The molecular weight excluding hydrogens is 360 g/mol. The largest absolute Gasteiger partial charge is 0.492 e. The van der Waals surface area contributed by atoms with Crippen molar-refractivity contribution in [2.45, 2.75) is 6.92 Å². The number of benzene rings is 1. The number of pyridine rings is 1. The lowest BCUT2D eigenvalue weighted by Gasteiger charge is -2.32. The number of carbonyl (C=O) groups is 3. The van der Waals surface area contributed by atoms with Crippen molar-refractivity contribution < 1.29 is 19.1 Å². The minimum Gasteiger partial charge on any atom is -0.492 e. The molecule has 0 aliphatic carbocycles. The summed E-state index contributed by atoms with van der Waals surface area (Å²) in [6, 6.07) is 8.68. The van der Waals surface area contributed by atoms with Crippen molar-refractivity contribution in [3.63, 3.8) is 0 Å². The van der Waals surface area contributed by atoms with E-state index in [1.807, 2.05) is 13.0 Å². The minimum absolute atomic E-state index is 0.206. The van der Waals surface area contributed by atoms with Crippen molar-refractivity contribution in [1.82, 2.24) is 14.8 Å². The topological polar surface area (TPSA) is 91.8 Å². The lowest BCUT2D eigenvalue weighted by atomic mass is 10.1. The van der Waals surface area contributed by atoms with Crippen molar-refractivity contribution in [2.24, 2.45) is 0 Å². The van der Waals surface area contributed by atoms with Crippen LogP contribution in [0.15, 0.2) is 42.7 Å². The molecule has 1 aromatic heterocycles. The molecular formula is C20H22N4O4. The fraction of sp³-hybridized carbons (Fsp3) is 0.300. The SMILES string of the molecule is CCOc1ccccc1NC(=O)c1cncc(C(=O)N2CCN(C=O)CC2)c1. The van der Waals surface area contributed by atoms with Crippen molar-refractivity contribution in [2.75, 3.05) is 38.1 Å². The summed E-state index contributed by atoms with van der Waals surface area (Å²) in [5.74, 6) is -0.00548. The van der Waals surface area contributed by atoms with Gasteiger partial charge in [-0.05, 0) is 25.1 Å². The van der Waals surface area contributed by atoms with Crippen molar-refractivity contribution in [3.8, 4) is 5.75 Å². The molecule has 0 radical (unpaired) electrons. The second kappa shape index (κ2) is 8.98. The summed E-state index contributed by atoms with van der Waals surface area (Å²) in [6.07, 6.45) is 3.65. The molecule has 146 valence electrons. The number of nitrogens with one attached hydrogen (secondary N) is 1. The first-order valence-corrected chi connectivity index (χ1v) is 9.09. The molecule has 28 heavy (non-hydrogen) atoms. The maximum Gasteiger partial charge on any atom is 0.257 e. The van der Waals surface area contributed by atoms with Crippen LogP contribution in [0.1, 0.15) is 27.6 Å². The van der Waals surface area contributed by atoms with Gasteiger partial charge in [0.1, 0.15) is 5.75 Å². The van der Waals surface area contributed by atoms with E-state index in [4.69, 9.17) is 4.74 Å². The number of ether oxygens (including phenoxy) is 1. The van der Waals surface area contributed by atoms with E-state index in [0.717, 1.165) is 6.41 Å². The molecule has 8 heteroatoms. The Kier molecular flexibility index (Phi) is 6.21. The lowest BCUT2D eigenvalue weighted by molar-refractivity contribution is -0.119. The number of rotatable bonds is 6. The van der Waals surface area contributed by atoms with Crippen LogP contribution < -0.4 is 10.1 Å². The maximum absolute atomic E-state index is 12.7. The van der Waals surface area contributed by atoms with Gasteiger partial charge in [0.25, 0.3) is 11.8 Å². The van der Waals surface area contributed by atoms with Crippen molar-refractivity contribution in [1.29, 1.82) is 0 Å². The summed E-state index contributed by atoms with van der Waals surface area (Å²) in [5.41, 5.74) is 1.17. The summed E-state index contributed by atoms with van der Waals surface area (Å²) < 4.78 is 5.51. The van der Waals surface area contributed by atoms with Gasteiger partial charge in [0.2, 0.25) is 6.41 Å². The first kappa shape index (κ1) is 19.3. The number of hydrogen-bond donors (Lipinski definition) is 1. The van der Waals surface area contributed by atoms with E-state index in [-0.39, 0.29) is 17.4 Å². The fourth-order valence-corrected chi connectivity index (χ4v) is 2.94. The van der Waals surface area contributed by atoms with Crippen LogP contribution in [0.25, 0.3) is 0 Å². The molecule has 0 unspecified atom stereocenters. The average Bonchev–Trinajstić information content (AvgIpc) is 2.75. The van der Waals surface area contributed by atoms with Gasteiger partial charge in [-0.1, -0.05) is 12.1 Å². The Hall–Kier alpha value is -3.42. The third-order valence-electron chi connectivity index (χ3n) is 4.43. The molecule has 1 aliphatic rings. The molecule has 1 aliphatic heterocycles. The summed E-state index contributed by atoms with van der Waals surface area (Å²) in [7, 11) is 0. The zero-order chi connectivity index (χ0) is 19.9. The maximum atomic E-state index is 12.7. The second-order valence-electron chi connectivity index (χ2n) is 6.28. The Morgan fingerprint density at radius 3 is 2.57 bits per heavy atom. The number of para-hydroxylation sites is 2. The van der Waals surface area contributed by atoms with Crippen LogP contribution in [-0.4, -0.2) is 65.8 Å². The van der Waals surface area contributed by atoms with Crippen LogP contribution in [0.5, 0.6) is 5.75 Å². The molecule has 1 fully saturated rings. The van der Waals surface area contributed by atoms with E-state index in [1.54, 1.807) is 28.0 Å². The Morgan fingerprint density at radius 2 is 1.86 bits per heavy atom. The number of hydrogen-bond acceptors (Lipinski definition) is 5. The highest BCUT2D eigenvalue weighted by atomic mass is 16.5. The quantitative estimate of drug-likeness (QED) is 0.767. The molecule has 1 aromatic carbocycles. The van der Waals surface area contributed by atoms with E-state index in [9.17, 15) is 14.4 Å². The van der Waals surface area contributed by atoms with Gasteiger partial charge >= 0.3 is 0 Å². The van der Waals surface area contributed by atoms with Gasteiger partial charge in [-0.15, -0.1) is 0 Å². The van der Waals surface area contributed by atoms with Gasteiger partial charge in [-0.2, -0.15) is 0 Å². The molecule has 0 bridgehead atoms. The molecule has 2 heterocycles. The summed E-state index contributed by atoms with van der Waals surface area (Å²) >= 11 is 0. The van der Waals surface area contributed by atoms with Gasteiger partial charge in [0.15, 0.2) is 0 Å². The molecule has 2 aromatic rings. The highest BCUT2D eigenvalue weighted by Crippen LogP contribution is 2.24. The molecule has 3 amide bonds. The monoisotopic (exact) mass is 382 g/mol. The van der Waals surface area contributed by atoms with Gasteiger partial charge in [-0.3, -0.25) is 19.4 Å². The first-order chi connectivity index (χ1) is 13.6. The molecule has 0 spiro atoms. The second-order valence-corrected chi connectivity index (χ2v) is 6.28. The summed E-state index contributed by atoms with van der Waals surface area (Å²) in [5, 5.41) is 2.80. The Labute approximate surface area is 163 Å². The van der Waals surface area contributed by atoms with E-state index >= 15 is 0 Å². The molecule has 1 saturated heterocycles. The lowest BCUT2D eigenvalue weighted by Crippen LogP contribution is -2.48.